The van der Waals surface area contributed by atoms with Crippen LogP contribution in [0.3, 0.4) is 0 Å². The summed E-state index contributed by atoms with van der Waals surface area (Å²) in [4.78, 5) is 28.3. The summed E-state index contributed by atoms with van der Waals surface area (Å²) in [7, 11) is 0. The Morgan fingerprint density at radius 2 is 1.47 bits per heavy atom. The van der Waals surface area contributed by atoms with Crippen LogP contribution in [0.4, 0.5) is 27.5 Å². The van der Waals surface area contributed by atoms with Crippen LogP contribution in [-0.2, 0) is 16.1 Å². The van der Waals surface area contributed by atoms with Crippen molar-refractivity contribution in [2.75, 3.05) is 48.3 Å². The van der Waals surface area contributed by atoms with E-state index in [9.17, 15) is 20.0 Å². The molecule has 2 aliphatic heterocycles. The van der Waals surface area contributed by atoms with E-state index in [0.717, 1.165) is 54.3 Å². The number of carbonyl (C=O) groups excluding carboxylic acids is 1. The van der Waals surface area contributed by atoms with Crippen molar-refractivity contribution in [3.63, 3.8) is 0 Å². The van der Waals surface area contributed by atoms with E-state index in [2.05, 4.69) is 20.4 Å². The van der Waals surface area contributed by atoms with Crippen molar-refractivity contribution in [2.24, 2.45) is 0 Å². The molecule has 272 valence electrons. The lowest BCUT2D eigenvalue weighted by Crippen LogP contribution is -2.49. The van der Waals surface area contributed by atoms with Crippen LogP contribution in [0.25, 0.3) is 0 Å². The summed E-state index contributed by atoms with van der Waals surface area (Å²) < 4.78 is 19.0. The van der Waals surface area contributed by atoms with Crippen molar-refractivity contribution in [1.82, 2.24) is 4.90 Å². The van der Waals surface area contributed by atoms with Gasteiger partial charge in [-0.05, 0) is 71.8 Å². The zero-order valence-electron chi connectivity index (χ0n) is 29.0. The van der Waals surface area contributed by atoms with E-state index in [-0.39, 0.29) is 29.4 Å². The van der Waals surface area contributed by atoms with E-state index in [0.29, 0.717) is 30.1 Å². The number of ether oxygens (including phenoxy) is 3. The second-order valence-corrected chi connectivity index (χ2v) is 13.1. The molecule has 2 fully saturated rings. The Kier molecular flexibility index (Phi) is 11.2. The number of aliphatic hydroxyl groups excluding tert-OH is 1. The van der Waals surface area contributed by atoms with Gasteiger partial charge in [0.25, 0.3) is 5.69 Å². The van der Waals surface area contributed by atoms with Gasteiger partial charge in [-0.2, -0.15) is 0 Å². The van der Waals surface area contributed by atoms with Crippen LogP contribution in [0.2, 0.25) is 0 Å². The third kappa shape index (κ3) is 9.36. The quantitative estimate of drug-likeness (QED) is 0.0921. The first kappa shape index (κ1) is 35.6. The molecule has 3 atom stereocenters. The largest absolute Gasteiger partial charge is 0.457 e. The Balaban J connectivity index is 0.993. The van der Waals surface area contributed by atoms with Crippen molar-refractivity contribution in [2.45, 2.75) is 31.5 Å². The van der Waals surface area contributed by atoms with Gasteiger partial charge in [0.05, 0.1) is 23.7 Å². The van der Waals surface area contributed by atoms with Gasteiger partial charge in [0.2, 0.25) is 0 Å². The van der Waals surface area contributed by atoms with Gasteiger partial charge in [0.15, 0.2) is 6.29 Å². The highest BCUT2D eigenvalue weighted by Crippen LogP contribution is 2.39. The predicted molar refractivity (Wildman–Crippen MR) is 202 cm³/mol. The summed E-state index contributed by atoms with van der Waals surface area (Å²) in [6, 6.07) is 38.2. The maximum absolute atomic E-state index is 13.0. The molecule has 2 heterocycles. The number of hydrogen-bond donors (Lipinski definition) is 3. The molecule has 0 bridgehead atoms. The van der Waals surface area contributed by atoms with Crippen LogP contribution in [-0.4, -0.2) is 59.8 Å². The van der Waals surface area contributed by atoms with Gasteiger partial charge in [-0.15, -0.1) is 0 Å². The molecule has 53 heavy (non-hydrogen) atoms. The number of para-hydroxylation sites is 1. The lowest BCUT2D eigenvalue weighted by Gasteiger charge is -2.41. The number of amides is 2. The van der Waals surface area contributed by atoms with Gasteiger partial charge in [0, 0.05) is 73.9 Å². The van der Waals surface area contributed by atoms with E-state index < -0.39 is 12.3 Å². The topological polar surface area (TPSA) is 139 Å². The molecule has 5 aromatic rings. The fourth-order valence-electron chi connectivity index (χ4n) is 6.58. The number of rotatable bonds is 11. The highest BCUT2D eigenvalue weighted by atomic mass is 16.7. The van der Waals surface area contributed by atoms with Gasteiger partial charge in [0.1, 0.15) is 11.5 Å². The first-order valence-electron chi connectivity index (χ1n) is 17.6. The minimum atomic E-state index is -0.681. The molecule has 0 aromatic heterocycles. The van der Waals surface area contributed by atoms with Gasteiger partial charge < -0.3 is 34.9 Å². The van der Waals surface area contributed by atoms with Crippen molar-refractivity contribution < 1.29 is 29.0 Å². The number of aliphatic hydroxyl groups is 1. The van der Waals surface area contributed by atoms with E-state index in [1.165, 1.54) is 0 Å². The van der Waals surface area contributed by atoms with Gasteiger partial charge in [-0.1, -0.05) is 54.6 Å². The van der Waals surface area contributed by atoms with Crippen molar-refractivity contribution in [3.8, 4) is 11.5 Å². The number of nitrogens with one attached hydrogen (secondary N) is 2. The monoisotopic (exact) mass is 715 g/mol. The predicted octanol–water partition coefficient (Wildman–Crippen LogP) is 7.89. The molecular formula is C41H41N5O7. The lowest BCUT2D eigenvalue weighted by molar-refractivity contribution is -0.384. The number of nitro groups is 1. The third-order valence-corrected chi connectivity index (χ3v) is 9.38. The number of hydrogen-bond acceptors (Lipinski definition) is 9. The average molecular weight is 716 g/mol. The first-order valence-corrected chi connectivity index (χ1v) is 17.6. The van der Waals surface area contributed by atoms with Crippen LogP contribution < -0.4 is 20.3 Å². The SMILES string of the molecule is O=C(Nc1ccc(Oc2ccccc2)cc1)Nc1cccc(C2OC(CN3CCN(c4ccc([N+](=O)[O-])cc4)CC3)CC(c3ccc(CO)cc3)O2)c1. The summed E-state index contributed by atoms with van der Waals surface area (Å²) in [5.41, 5.74) is 4.85. The van der Waals surface area contributed by atoms with Crippen LogP contribution in [0, 0.1) is 10.1 Å². The smallest absolute Gasteiger partial charge is 0.323 e. The maximum atomic E-state index is 13.0. The summed E-state index contributed by atoms with van der Waals surface area (Å²) in [6.07, 6.45) is -0.426. The minimum Gasteiger partial charge on any atom is -0.457 e. The molecule has 2 amide bonds. The van der Waals surface area contributed by atoms with E-state index in [1.807, 2.05) is 78.9 Å². The maximum Gasteiger partial charge on any atom is 0.323 e. The fraction of sp³-hybridized carbons (Fsp3) is 0.244. The van der Waals surface area contributed by atoms with Crippen LogP contribution in [0.5, 0.6) is 11.5 Å². The van der Waals surface area contributed by atoms with Gasteiger partial charge >= 0.3 is 6.03 Å². The summed E-state index contributed by atoms with van der Waals surface area (Å²) >= 11 is 0. The average Bonchev–Trinajstić information content (AvgIpc) is 3.19. The Bertz CT molecular complexity index is 1970. The summed E-state index contributed by atoms with van der Waals surface area (Å²) in [5.74, 6) is 1.39. The van der Waals surface area contributed by atoms with Crippen molar-refractivity contribution >= 4 is 28.8 Å². The Hall–Kier alpha value is -5.79. The number of benzene rings is 5. The number of nitro benzene ring substituents is 1. The minimum absolute atomic E-state index is 0.0344. The molecule has 12 heteroatoms. The molecule has 7 rings (SSSR count). The molecule has 12 nitrogen and oxygen atoms in total. The van der Waals surface area contributed by atoms with Crippen molar-refractivity contribution in [1.29, 1.82) is 0 Å². The Morgan fingerprint density at radius 3 is 2.17 bits per heavy atom. The molecule has 5 aromatic carbocycles. The first-order chi connectivity index (χ1) is 25.9. The molecule has 2 saturated heterocycles. The lowest BCUT2D eigenvalue weighted by atomic mass is 9.99. The second-order valence-electron chi connectivity index (χ2n) is 13.1. The Morgan fingerprint density at radius 1 is 0.774 bits per heavy atom. The molecule has 0 aliphatic carbocycles. The molecule has 0 radical (unpaired) electrons. The normalized spacial score (nSPS) is 19.0. The number of carbonyl (C=O) groups is 1. The molecular weight excluding hydrogens is 674 g/mol. The van der Waals surface area contributed by atoms with Crippen LogP contribution in [0.15, 0.2) is 127 Å². The molecule has 0 spiro atoms. The van der Waals surface area contributed by atoms with E-state index in [1.54, 1.807) is 48.5 Å². The third-order valence-electron chi connectivity index (χ3n) is 9.38. The Labute approximate surface area is 307 Å². The highest BCUT2D eigenvalue weighted by Gasteiger charge is 2.34. The number of anilines is 3. The van der Waals surface area contributed by atoms with Gasteiger partial charge in [-0.3, -0.25) is 15.0 Å². The standard InChI is InChI=1S/C41H41N5O7/c47-28-29-9-11-30(12-10-29)39-26-38(27-44-21-23-45(24-22-44)34-15-17-35(18-16-34)46(49)50)52-40(53-39)31-5-4-6-33(25-31)43-41(48)42-32-13-19-37(20-14-32)51-36-7-2-1-3-8-36/h1-20,25,38-40,47H,21-24,26-28H2,(H2,42,43,48). The molecule has 3 N–H and O–H groups in total. The van der Waals surface area contributed by atoms with Gasteiger partial charge in [-0.25, -0.2) is 4.79 Å². The number of urea groups is 1. The number of non-ortho nitro benzene ring substituents is 1. The summed E-state index contributed by atoms with van der Waals surface area (Å²) in [5, 5.41) is 26.5. The zero-order valence-corrected chi connectivity index (χ0v) is 29.0. The van der Waals surface area contributed by atoms with E-state index >= 15 is 0 Å². The second kappa shape index (κ2) is 16.7. The molecule has 3 unspecified atom stereocenters. The van der Waals surface area contributed by atoms with Crippen LogP contribution >= 0.6 is 0 Å². The number of piperazine rings is 1. The zero-order chi connectivity index (χ0) is 36.6. The highest BCUT2D eigenvalue weighted by molar-refractivity contribution is 5.99. The fourth-order valence-corrected chi connectivity index (χ4v) is 6.58. The molecule has 2 aliphatic rings. The summed E-state index contributed by atoms with van der Waals surface area (Å²) in [6.45, 7) is 3.88. The van der Waals surface area contributed by atoms with Crippen LogP contribution in [0.1, 0.15) is 35.5 Å². The number of nitrogens with zero attached hydrogens (tertiary/aromatic N) is 3. The molecule has 0 saturated carbocycles. The van der Waals surface area contributed by atoms with E-state index in [4.69, 9.17) is 14.2 Å². The van der Waals surface area contributed by atoms with Crippen molar-refractivity contribution in [3.05, 3.63) is 154 Å².